The Morgan fingerprint density at radius 1 is 1.12 bits per heavy atom. The van der Waals surface area contributed by atoms with Crippen LogP contribution < -0.4 is 0 Å². The minimum atomic E-state index is 0.0779. The van der Waals surface area contributed by atoms with Crippen LogP contribution in [0.3, 0.4) is 0 Å². The standard InChI is InChI=1S/C21H27N3O2/c1-3-19(12-22-7-1)14-24-16-21(17-24)11-18(6-10-26-21)5-9-25-15-20-4-2-8-23-13-20/h1-4,7-8,12-13,18H,5-6,9-11,14-17H2/t18-/m0/s1. The van der Waals surface area contributed by atoms with Crippen molar-refractivity contribution in [3.63, 3.8) is 0 Å². The minimum absolute atomic E-state index is 0.0779. The highest BCUT2D eigenvalue weighted by molar-refractivity contribution is 5.11. The first-order valence-electron chi connectivity index (χ1n) is 9.53. The van der Waals surface area contributed by atoms with E-state index in [0.717, 1.165) is 57.7 Å². The summed E-state index contributed by atoms with van der Waals surface area (Å²) in [5.41, 5.74) is 2.49. The summed E-state index contributed by atoms with van der Waals surface area (Å²) in [5, 5.41) is 0. The van der Waals surface area contributed by atoms with Gasteiger partial charge in [-0.3, -0.25) is 14.9 Å². The van der Waals surface area contributed by atoms with Crippen LogP contribution in [0, 0.1) is 5.92 Å². The molecule has 0 amide bonds. The van der Waals surface area contributed by atoms with E-state index < -0.39 is 0 Å². The van der Waals surface area contributed by atoms with Gasteiger partial charge in [-0.25, -0.2) is 0 Å². The summed E-state index contributed by atoms with van der Waals surface area (Å²) in [6.07, 6.45) is 10.9. The van der Waals surface area contributed by atoms with Crippen molar-refractivity contribution in [3.8, 4) is 0 Å². The number of aromatic nitrogens is 2. The summed E-state index contributed by atoms with van der Waals surface area (Å²) >= 11 is 0. The molecule has 2 aromatic heterocycles. The van der Waals surface area contributed by atoms with Crippen molar-refractivity contribution in [1.82, 2.24) is 14.9 Å². The largest absolute Gasteiger partial charge is 0.377 e. The Balaban J connectivity index is 1.18. The van der Waals surface area contributed by atoms with Crippen molar-refractivity contribution >= 4 is 0 Å². The number of nitrogens with zero attached hydrogens (tertiary/aromatic N) is 3. The fraction of sp³-hybridized carbons (Fsp3) is 0.524. The van der Waals surface area contributed by atoms with Gasteiger partial charge in [-0.15, -0.1) is 0 Å². The van der Waals surface area contributed by atoms with E-state index in [-0.39, 0.29) is 5.60 Å². The first-order chi connectivity index (χ1) is 12.8. The van der Waals surface area contributed by atoms with Gasteiger partial charge in [0.1, 0.15) is 0 Å². The van der Waals surface area contributed by atoms with Crippen LogP contribution in [0.4, 0.5) is 0 Å². The van der Waals surface area contributed by atoms with E-state index in [9.17, 15) is 0 Å². The van der Waals surface area contributed by atoms with Gasteiger partial charge in [0, 0.05) is 57.6 Å². The fourth-order valence-electron chi connectivity index (χ4n) is 4.15. The van der Waals surface area contributed by atoms with E-state index in [2.05, 4.69) is 27.0 Å². The van der Waals surface area contributed by atoms with Crippen LogP contribution in [-0.4, -0.2) is 46.8 Å². The smallest absolute Gasteiger partial charge is 0.0937 e. The quantitative estimate of drug-likeness (QED) is 0.716. The maximum absolute atomic E-state index is 6.17. The lowest BCUT2D eigenvalue weighted by Gasteiger charge is -2.53. The summed E-state index contributed by atoms with van der Waals surface area (Å²) in [7, 11) is 0. The van der Waals surface area contributed by atoms with Gasteiger partial charge in [0.15, 0.2) is 0 Å². The third-order valence-electron chi connectivity index (χ3n) is 5.41. The third kappa shape index (κ3) is 4.47. The Morgan fingerprint density at radius 2 is 1.88 bits per heavy atom. The fourth-order valence-corrected chi connectivity index (χ4v) is 4.15. The SMILES string of the molecule is c1cncc(COCC[C@H]2CCOC3(C2)CN(Cc2cccnc2)C3)c1. The number of rotatable bonds is 7. The molecule has 2 fully saturated rings. The van der Waals surface area contributed by atoms with Crippen LogP contribution in [0.1, 0.15) is 30.4 Å². The van der Waals surface area contributed by atoms with E-state index in [0.29, 0.717) is 12.5 Å². The zero-order valence-electron chi connectivity index (χ0n) is 15.2. The summed E-state index contributed by atoms with van der Waals surface area (Å²) in [4.78, 5) is 10.8. The molecule has 4 heterocycles. The Morgan fingerprint density at radius 3 is 2.62 bits per heavy atom. The molecule has 0 saturated carbocycles. The molecule has 2 saturated heterocycles. The molecule has 0 aliphatic carbocycles. The number of likely N-dealkylation sites (tertiary alicyclic amines) is 1. The molecule has 138 valence electrons. The molecule has 5 heteroatoms. The van der Waals surface area contributed by atoms with Crippen molar-refractivity contribution in [2.75, 3.05) is 26.3 Å². The van der Waals surface area contributed by atoms with E-state index in [4.69, 9.17) is 9.47 Å². The molecule has 4 rings (SSSR count). The lowest BCUT2D eigenvalue weighted by atomic mass is 9.79. The predicted molar refractivity (Wildman–Crippen MR) is 99.4 cm³/mol. The zero-order chi connectivity index (χ0) is 17.7. The van der Waals surface area contributed by atoms with Gasteiger partial charge in [-0.05, 0) is 48.4 Å². The Bertz CT molecular complexity index is 674. The number of hydrogen-bond acceptors (Lipinski definition) is 5. The Kier molecular flexibility index (Phi) is 5.58. The van der Waals surface area contributed by atoms with Gasteiger partial charge >= 0.3 is 0 Å². The van der Waals surface area contributed by atoms with Crippen molar-refractivity contribution in [2.45, 2.75) is 38.0 Å². The first kappa shape index (κ1) is 17.6. The van der Waals surface area contributed by atoms with Crippen LogP contribution in [0.2, 0.25) is 0 Å². The van der Waals surface area contributed by atoms with Crippen LogP contribution in [0.25, 0.3) is 0 Å². The third-order valence-corrected chi connectivity index (χ3v) is 5.41. The molecule has 26 heavy (non-hydrogen) atoms. The van der Waals surface area contributed by atoms with Gasteiger partial charge in [-0.1, -0.05) is 12.1 Å². The van der Waals surface area contributed by atoms with Crippen LogP contribution in [-0.2, 0) is 22.6 Å². The molecule has 2 aliphatic rings. The summed E-state index contributed by atoms with van der Waals surface area (Å²) in [6.45, 7) is 5.39. The van der Waals surface area contributed by atoms with Crippen molar-refractivity contribution in [3.05, 3.63) is 60.2 Å². The average molecular weight is 353 g/mol. The maximum Gasteiger partial charge on any atom is 0.0937 e. The molecule has 5 nitrogen and oxygen atoms in total. The Hall–Kier alpha value is -1.82. The summed E-state index contributed by atoms with van der Waals surface area (Å²) < 4.78 is 12.0. The molecular formula is C21H27N3O2. The van der Waals surface area contributed by atoms with Crippen LogP contribution in [0.15, 0.2) is 49.1 Å². The molecule has 0 radical (unpaired) electrons. The van der Waals surface area contributed by atoms with Crippen molar-refractivity contribution < 1.29 is 9.47 Å². The van der Waals surface area contributed by atoms with E-state index >= 15 is 0 Å². The highest BCUT2D eigenvalue weighted by Crippen LogP contribution is 2.38. The van der Waals surface area contributed by atoms with E-state index in [1.807, 2.05) is 30.7 Å². The van der Waals surface area contributed by atoms with Gasteiger partial charge < -0.3 is 9.47 Å². The topological polar surface area (TPSA) is 47.5 Å². The number of ether oxygens (including phenoxy) is 2. The maximum atomic E-state index is 6.17. The van der Waals surface area contributed by atoms with E-state index in [1.54, 1.807) is 6.20 Å². The second-order valence-corrected chi connectivity index (χ2v) is 7.60. The van der Waals surface area contributed by atoms with Crippen LogP contribution in [0.5, 0.6) is 0 Å². The molecule has 0 N–H and O–H groups in total. The molecule has 0 bridgehead atoms. The molecule has 2 aromatic rings. The monoisotopic (exact) mass is 353 g/mol. The number of hydrogen-bond donors (Lipinski definition) is 0. The van der Waals surface area contributed by atoms with Gasteiger partial charge in [-0.2, -0.15) is 0 Å². The Labute approximate surface area is 155 Å². The normalized spacial score (nSPS) is 22.2. The second-order valence-electron chi connectivity index (χ2n) is 7.60. The van der Waals surface area contributed by atoms with Gasteiger partial charge in [0.25, 0.3) is 0 Å². The molecule has 1 spiro atoms. The lowest BCUT2D eigenvalue weighted by Crippen LogP contribution is -2.64. The molecular weight excluding hydrogens is 326 g/mol. The van der Waals surface area contributed by atoms with Crippen molar-refractivity contribution in [1.29, 1.82) is 0 Å². The molecule has 0 unspecified atom stereocenters. The average Bonchev–Trinajstić information content (AvgIpc) is 2.66. The zero-order valence-corrected chi connectivity index (χ0v) is 15.2. The first-order valence-corrected chi connectivity index (χ1v) is 9.53. The van der Waals surface area contributed by atoms with Gasteiger partial charge in [0.05, 0.1) is 12.2 Å². The molecule has 0 aromatic carbocycles. The van der Waals surface area contributed by atoms with Crippen molar-refractivity contribution in [2.24, 2.45) is 5.92 Å². The minimum Gasteiger partial charge on any atom is -0.377 e. The number of pyridine rings is 2. The second kappa shape index (κ2) is 8.25. The lowest BCUT2D eigenvalue weighted by molar-refractivity contribution is -0.182. The van der Waals surface area contributed by atoms with E-state index in [1.165, 1.54) is 5.56 Å². The summed E-state index contributed by atoms with van der Waals surface area (Å²) in [5.74, 6) is 0.707. The predicted octanol–water partition coefficient (Wildman–Crippen LogP) is 3.06. The molecule has 2 aliphatic heterocycles. The highest BCUT2D eigenvalue weighted by Gasteiger charge is 2.47. The van der Waals surface area contributed by atoms with Crippen LogP contribution >= 0.6 is 0 Å². The summed E-state index contributed by atoms with van der Waals surface area (Å²) in [6, 6.07) is 8.15. The molecule has 1 atom stereocenters. The highest BCUT2D eigenvalue weighted by atomic mass is 16.5. The van der Waals surface area contributed by atoms with Gasteiger partial charge in [0.2, 0.25) is 0 Å².